The highest BCUT2D eigenvalue weighted by Crippen LogP contribution is 2.23. The Morgan fingerprint density at radius 3 is 2.47 bits per heavy atom. The van der Waals surface area contributed by atoms with Gasteiger partial charge >= 0.3 is 0 Å². The van der Waals surface area contributed by atoms with Crippen LogP contribution in [0, 0.1) is 0 Å². The number of morpholine rings is 1. The molecule has 4 rings (SSSR count). The summed E-state index contributed by atoms with van der Waals surface area (Å²) in [4.78, 5) is 21.0. The Hall–Kier alpha value is -3.34. The second-order valence-electron chi connectivity index (χ2n) is 6.99. The molecule has 166 valence electrons. The van der Waals surface area contributed by atoms with E-state index in [0.29, 0.717) is 44.2 Å². The second-order valence-corrected chi connectivity index (χ2v) is 8.93. The number of anilines is 1. The molecule has 3 aromatic rings. The predicted octanol–water partition coefficient (Wildman–Crippen LogP) is 2.33. The van der Waals surface area contributed by atoms with Crippen molar-refractivity contribution in [2.75, 3.05) is 31.6 Å². The topological polar surface area (TPSA) is 111 Å². The number of hydrogen-bond donors (Lipinski definition) is 1. The first kappa shape index (κ1) is 21.9. The number of carbonyl (C=O) groups excluding carboxylic acids is 1. The summed E-state index contributed by atoms with van der Waals surface area (Å²) in [5.74, 6) is 0.272. The number of rotatable bonds is 7. The maximum absolute atomic E-state index is 12.7. The molecule has 32 heavy (non-hydrogen) atoms. The molecule has 2 aromatic heterocycles. The number of nitrogens with zero attached hydrogens (tertiary/aromatic N) is 3. The van der Waals surface area contributed by atoms with Crippen molar-refractivity contribution in [1.29, 1.82) is 0 Å². The zero-order chi connectivity index (χ0) is 22.4. The monoisotopic (exact) mass is 454 g/mol. The zero-order valence-electron chi connectivity index (χ0n) is 17.2. The number of pyridine rings is 2. The fourth-order valence-electron chi connectivity index (χ4n) is 3.14. The van der Waals surface area contributed by atoms with Crippen molar-refractivity contribution in [1.82, 2.24) is 14.3 Å². The van der Waals surface area contributed by atoms with Crippen LogP contribution in [0.3, 0.4) is 0 Å². The van der Waals surface area contributed by atoms with Crippen LogP contribution in [0.15, 0.2) is 72.0 Å². The van der Waals surface area contributed by atoms with Gasteiger partial charge in [-0.25, -0.2) is 13.4 Å². The number of hydrogen-bond acceptors (Lipinski definition) is 7. The van der Waals surface area contributed by atoms with E-state index in [4.69, 9.17) is 9.47 Å². The number of nitrogens with one attached hydrogen (secondary N) is 1. The summed E-state index contributed by atoms with van der Waals surface area (Å²) in [5.41, 5.74) is 1.23. The SMILES string of the molecule is O=C(Nc1ncccc1OCc1ccncc1)c1ccc(S(=O)(=O)N2CCOCC2)cc1. The Morgan fingerprint density at radius 2 is 1.75 bits per heavy atom. The van der Waals surface area contributed by atoms with E-state index in [9.17, 15) is 13.2 Å². The van der Waals surface area contributed by atoms with Gasteiger partial charge < -0.3 is 14.8 Å². The Labute approximate surface area is 186 Å². The van der Waals surface area contributed by atoms with Gasteiger partial charge in [0.1, 0.15) is 6.61 Å². The van der Waals surface area contributed by atoms with Gasteiger partial charge in [-0.15, -0.1) is 0 Å². The summed E-state index contributed by atoms with van der Waals surface area (Å²) < 4.78 is 37.8. The van der Waals surface area contributed by atoms with Gasteiger partial charge in [0.2, 0.25) is 10.0 Å². The molecule has 0 aliphatic carbocycles. The van der Waals surface area contributed by atoms with Crippen molar-refractivity contribution in [3.8, 4) is 5.75 Å². The molecule has 1 aromatic carbocycles. The third kappa shape index (κ3) is 5.10. The second kappa shape index (κ2) is 9.86. The minimum Gasteiger partial charge on any atom is -0.485 e. The molecule has 3 heterocycles. The van der Waals surface area contributed by atoms with Gasteiger partial charge in [0, 0.05) is 37.2 Å². The largest absolute Gasteiger partial charge is 0.485 e. The van der Waals surface area contributed by atoms with E-state index < -0.39 is 15.9 Å². The van der Waals surface area contributed by atoms with Gasteiger partial charge in [-0.05, 0) is 54.1 Å². The standard InChI is InChI=1S/C22H22N4O5S/c27-22(18-3-5-19(6-4-18)32(28,29)26-12-14-30-15-13-26)25-21-20(2-1-9-24-21)31-16-17-7-10-23-11-8-17/h1-11H,12-16H2,(H,24,25,27). The third-order valence-electron chi connectivity index (χ3n) is 4.87. The van der Waals surface area contributed by atoms with E-state index in [2.05, 4.69) is 15.3 Å². The van der Waals surface area contributed by atoms with Crippen LogP contribution in [-0.2, 0) is 21.4 Å². The first-order valence-corrected chi connectivity index (χ1v) is 11.4. The quantitative estimate of drug-likeness (QED) is 0.583. The molecule has 0 spiro atoms. The summed E-state index contributed by atoms with van der Waals surface area (Å²) in [5, 5.41) is 2.72. The maximum atomic E-state index is 12.7. The summed E-state index contributed by atoms with van der Waals surface area (Å²) >= 11 is 0. The molecule has 0 saturated carbocycles. The molecule has 1 aliphatic rings. The van der Waals surface area contributed by atoms with Crippen molar-refractivity contribution >= 4 is 21.7 Å². The molecule has 9 nitrogen and oxygen atoms in total. The molecule has 0 atom stereocenters. The number of carbonyl (C=O) groups is 1. The molecule has 1 fully saturated rings. The molecule has 10 heteroatoms. The van der Waals surface area contributed by atoms with Gasteiger partial charge in [0.05, 0.1) is 18.1 Å². The van der Waals surface area contributed by atoms with Crippen LogP contribution >= 0.6 is 0 Å². The van der Waals surface area contributed by atoms with E-state index in [1.54, 1.807) is 30.7 Å². The number of amides is 1. The number of benzene rings is 1. The summed E-state index contributed by atoms with van der Waals surface area (Å²) in [6.45, 7) is 1.66. The van der Waals surface area contributed by atoms with Crippen molar-refractivity contribution in [3.05, 3.63) is 78.2 Å². The molecular weight excluding hydrogens is 432 g/mol. The Morgan fingerprint density at radius 1 is 1.03 bits per heavy atom. The summed E-state index contributed by atoms with van der Waals surface area (Å²) in [6, 6.07) is 12.9. The predicted molar refractivity (Wildman–Crippen MR) is 117 cm³/mol. The first-order valence-electron chi connectivity index (χ1n) is 10.00. The fourth-order valence-corrected chi connectivity index (χ4v) is 4.54. The summed E-state index contributed by atoms with van der Waals surface area (Å²) in [7, 11) is -3.62. The van der Waals surface area contributed by atoms with Gasteiger partial charge in [-0.1, -0.05) is 0 Å². The lowest BCUT2D eigenvalue weighted by molar-refractivity contribution is 0.0730. The zero-order valence-corrected chi connectivity index (χ0v) is 18.0. The molecule has 1 saturated heterocycles. The van der Waals surface area contributed by atoms with E-state index >= 15 is 0 Å². The highest BCUT2D eigenvalue weighted by Gasteiger charge is 2.26. The van der Waals surface area contributed by atoms with Crippen LogP contribution in [0.25, 0.3) is 0 Å². The molecule has 0 radical (unpaired) electrons. The van der Waals surface area contributed by atoms with Gasteiger partial charge in [0.25, 0.3) is 5.91 Å². The lowest BCUT2D eigenvalue weighted by Gasteiger charge is -2.26. The van der Waals surface area contributed by atoms with Crippen LogP contribution in [-0.4, -0.2) is 54.9 Å². The van der Waals surface area contributed by atoms with E-state index in [1.807, 2.05) is 12.1 Å². The summed E-state index contributed by atoms with van der Waals surface area (Å²) in [6.07, 6.45) is 4.90. The molecule has 0 bridgehead atoms. The number of sulfonamides is 1. The number of aromatic nitrogens is 2. The van der Waals surface area contributed by atoms with E-state index in [-0.39, 0.29) is 10.7 Å². The Bertz CT molecular complexity index is 1160. The highest BCUT2D eigenvalue weighted by molar-refractivity contribution is 7.89. The third-order valence-corrected chi connectivity index (χ3v) is 6.78. The van der Waals surface area contributed by atoms with Crippen molar-refractivity contribution in [3.63, 3.8) is 0 Å². The van der Waals surface area contributed by atoms with Crippen LogP contribution in [0.2, 0.25) is 0 Å². The minimum atomic E-state index is -3.62. The van der Waals surface area contributed by atoms with E-state index in [1.165, 1.54) is 28.6 Å². The van der Waals surface area contributed by atoms with Crippen LogP contribution in [0.5, 0.6) is 5.75 Å². The molecule has 1 amide bonds. The Kier molecular flexibility index (Phi) is 6.74. The smallest absolute Gasteiger partial charge is 0.256 e. The van der Waals surface area contributed by atoms with Crippen LogP contribution < -0.4 is 10.1 Å². The van der Waals surface area contributed by atoms with Crippen molar-refractivity contribution in [2.45, 2.75) is 11.5 Å². The molecule has 0 unspecified atom stereocenters. The molecule has 1 aliphatic heterocycles. The number of ether oxygens (including phenoxy) is 2. The van der Waals surface area contributed by atoms with Crippen molar-refractivity contribution in [2.24, 2.45) is 0 Å². The fraction of sp³-hybridized carbons (Fsp3) is 0.227. The maximum Gasteiger partial charge on any atom is 0.256 e. The lowest BCUT2D eigenvalue weighted by Crippen LogP contribution is -2.40. The lowest BCUT2D eigenvalue weighted by atomic mass is 10.2. The first-order chi connectivity index (χ1) is 15.5. The van der Waals surface area contributed by atoms with Gasteiger partial charge in [-0.3, -0.25) is 9.78 Å². The average molecular weight is 455 g/mol. The van der Waals surface area contributed by atoms with Gasteiger partial charge in [-0.2, -0.15) is 4.31 Å². The average Bonchev–Trinajstić information content (AvgIpc) is 2.85. The molecular formula is C22H22N4O5S. The Balaban J connectivity index is 1.44. The normalized spacial score (nSPS) is 14.6. The van der Waals surface area contributed by atoms with Crippen LogP contribution in [0.4, 0.5) is 5.82 Å². The van der Waals surface area contributed by atoms with Crippen molar-refractivity contribution < 1.29 is 22.7 Å². The molecule has 1 N–H and O–H groups in total. The van der Waals surface area contributed by atoms with Crippen LogP contribution in [0.1, 0.15) is 15.9 Å². The van der Waals surface area contributed by atoms with Gasteiger partial charge in [0.15, 0.2) is 11.6 Å². The minimum absolute atomic E-state index is 0.134. The highest BCUT2D eigenvalue weighted by atomic mass is 32.2. The van der Waals surface area contributed by atoms with E-state index in [0.717, 1.165) is 5.56 Å².